The number of nitrogens with two attached hydrogens (primary N) is 1. The summed E-state index contributed by atoms with van der Waals surface area (Å²) >= 11 is 0. The Kier molecular flexibility index (Phi) is 4.02. The lowest BCUT2D eigenvalue weighted by molar-refractivity contribution is 0.472. The minimum absolute atomic E-state index is 0.711. The van der Waals surface area contributed by atoms with Crippen LogP contribution in [-0.4, -0.2) is 30.5 Å². The zero-order valence-electron chi connectivity index (χ0n) is 10.5. The van der Waals surface area contributed by atoms with E-state index in [0.717, 1.165) is 26.1 Å². The highest BCUT2D eigenvalue weighted by Crippen LogP contribution is 2.20. The number of benzene rings is 1. The van der Waals surface area contributed by atoms with Gasteiger partial charge in [0, 0.05) is 19.6 Å². The Balaban J connectivity index is 1.88. The molecule has 1 atom stereocenters. The van der Waals surface area contributed by atoms with Gasteiger partial charge in [-0.15, -0.1) is 0 Å². The largest absolute Gasteiger partial charge is 0.370 e. The molecule has 0 aliphatic carbocycles. The number of aliphatic imine (C=N–C) groups is 1. The Morgan fingerprint density at radius 2 is 2.18 bits per heavy atom. The van der Waals surface area contributed by atoms with Gasteiger partial charge in [-0.05, 0) is 31.2 Å². The third-order valence-corrected chi connectivity index (χ3v) is 3.30. The first-order valence-corrected chi connectivity index (χ1v) is 6.38. The summed E-state index contributed by atoms with van der Waals surface area (Å²) < 4.78 is 0. The highest BCUT2D eigenvalue weighted by molar-refractivity contribution is 5.78. The Labute approximate surface area is 103 Å². The number of guanidine groups is 1. The molecule has 3 heteroatoms. The molecular formula is C14H21N3. The van der Waals surface area contributed by atoms with Crippen LogP contribution < -0.4 is 5.73 Å². The smallest absolute Gasteiger partial charge is 0.191 e. The monoisotopic (exact) mass is 231 g/mol. The second kappa shape index (κ2) is 5.71. The van der Waals surface area contributed by atoms with Crippen LogP contribution in [0.3, 0.4) is 0 Å². The van der Waals surface area contributed by atoms with E-state index < -0.39 is 0 Å². The fraction of sp³-hybridized carbons (Fsp3) is 0.500. The van der Waals surface area contributed by atoms with E-state index in [1.165, 1.54) is 12.0 Å². The SMILES string of the molecule is CCN=C(N)N1CCC(Cc2ccccc2)C1. The Bertz CT molecular complexity index is 372. The van der Waals surface area contributed by atoms with E-state index >= 15 is 0 Å². The van der Waals surface area contributed by atoms with Crippen molar-refractivity contribution in [1.82, 2.24) is 4.90 Å². The van der Waals surface area contributed by atoms with Crippen LogP contribution >= 0.6 is 0 Å². The van der Waals surface area contributed by atoms with Gasteiger partial charge in [-0.25, -0.2) is 0 Å². The van der Waals surface area contributed by atoms with Crippen molar-refractivity contribution in [2.75, 3.05) is 19.6 Å². The van der Waals surface area contributed by atoms with E-state index in [4.69, 9.17) is 5.73 Å². The van der Waals surface area contributed by atoms with Crippen LogP contribution in [-0.2, 0) is 6.42 Å². The van der Waals surface area contributed by atoms with E-state index in [1.807, 2.05) is 6.92 Å². The summed E-state index contributed by atoms with van der Waals surface area (Å²) in [5.41, 5.74) is 7.34. The second-order valence-corrected chi connectivity index (χ2v) is 4.62. The second-order valence-electron chi connectivity index (χ2n) is 4.62. The molecule has 0 bridgehead atoms. The predicted molar refractivity (Wildman–Crippen MR) is 72.0 cm³/mol. The molecule has 1 fully saturated rings. The summed E-state index contributed by atoms with van der Waals surface area (Å²) in [6.45, 7) is 4.88. The first-order valence-electron chi connectivity index (χ1n) is 6.38. The van der Waals surface area contributed by atoms with Gasteiger partial charge < -0.3 is 10.6 Å². The van der Waals surface area contributed by atoms with Gasteiger partial charge >= 0.3 is 0 Å². The Morgan fingerprint density at radius 3 is 2.88 bits per heavy atom. The van der Waals surface area contributed by atoms with Gasteiger partial charge in [0.1, 0.15) is 0 Å². The highest BCUT2D eigenvalue weighted by Gasteiger charge is 2.23. The molecule has 1 aliphatic rings. The number of hydrogen-bond acceptors (Lipinski definition) is 1. The molecular weight excluding hydrogens is 210 g/mol. The molecule has 92 valence electrons. The average Bonchev–Trinajstić information content (AvgIpc) is 2.79. The number of hydrogen-bond donors (Lipinski definition) is 1. The van der Waals surface area contributed by atoms with Crippen LogP contribution in [0.2, 0.25) is 0 Å². The summed E-state index contributed by atoms with van der Waals surface area (Å²) in [7, 11) is 0. The third-order valence-electron chi connectivity index (χ3n) is 3.30. The van der Waals surface area contributed by atoms with E-state index in [-0.39, 0.29) is 0 Å². The highest BCUT2D eigenvalue weighted by atomic mass is 15.3. The molecule has 2 rings (SSSR count). The zero-order chi connectivity index (χ0) is 12.1. The summed E-state index contributed by atoms with van der Waals surface area (Å²) in [6.07, 6.45) is 2.37. The Hall–Kier alpha value is -1.51. The maximum Gasteiger partial charge on any atom is 0.191 e. The quantitative estimate of drug-likeness (QED) is 0.637. The van der Waals surface area contributed by atoms with Crippen molar-refractivity contribution in [3.05, 3.63) is 35.9 Å². The molecule has 0 spiro atoms. The minimum atomic E-state index is 0.711. The fourth-order valence-electron chi connectivity index (χ4n) is 2.42. The molecule has 1 heterocycles. The maximum absolute atomic E-state index is 5.92. The zero-order valence-corrected chi connectivity index (χ0v) is 10.5. The van der Waals surface area contributed by atoms with Gasteiger partial charge in [-0.2, -0.15) is 0 Å². The Morgan fingerprint density at radius 1 is 1.41 bits per heavy atom. The van der Waals surface area contributed by atoms with Gasteiger partial charge in [0.25, 0.3) is 0 Å². The molecule has 1 saturated heterocycles. The normalized spacial score (nSPS) is 20.9. The van der Waals surface area contributed by atoms with Crippen molar-refractivity contribution in [3.8, 4) is 0 Å². The van der Waals surface area contributed by atoms with Gasteiger partial charge in [0.15, 0.2) is 5.96 Å². The summed E-state index contributed by atoms with van der Waals surface area (Å²) in [5, 5.41) is 0. The maximum atomic E-state index is 5.92. The van der Waals surface area contributed by atoms with Crippen LogP contribution in [0.25, 0.3) is 0 Å². The van der Waals surface area contributed by atoms with Crippen molar-refractivity contribution in [2.24, 2.45) is 16.6 Å². The summed E-state index contributed by atoms with van der Waals surface area (Å²) in [5.74, 6) is 1.42. The van der Waals surface area contributed by atoms with Crippen molar-refractivity contribution >= 4 is 5.96 Å². The van der Waals surface area contributed by atoms with Gasteiger partial charge in [0.2, 0.25) is 0 Å². The average molecular weight is 231 g/mol. The third kappa shape index (κ3) is 3.22. The van der Waals surface area contributed by atoms with Crippen molar-refractivity contribution in [2.45, 2.75) is 19.8 Å². The molecule has 17 heavy (non-hydrogen) atoms. The standard InChI is InChI=1S/C14H21N3/c1-2-16-14(15)17-9-8-13(11-17)10-12-6-4-3-5-7-12/h3-7,13H,2,8-11H2,1H3,(H2,15,16). The van der Waals surface area contributed by atoms with Crippen LogP contribution in [0, 0.1) is 5.92 Å². The molecule has 2 N–H and O–H groups in total. The molecule has 0 saturated carbocycles. The van der Waals surface area contributed by atoms with E-state index in [0.29, 0.717) is 11.9 Å². The molecule has 1 aromatic carbocycles. The lowest BCUT2D eigenvalue weighted by Gasteiger charge is -2.17. The molecule has 3 nitrogen and oxygen atoms in total. The van der Waals surface area contributed by atoms with Gasteiger partial charge in [-0.3, -0.25) is 4.99 Å². The summed E-state index contributed by atoms with van der Waals surface area (Å²) in [6, 6.07) is 10.7. The molecule has 1 aliphatic heterocycles. The van der Waals surface area contributed by atoms with E-state index in [9.17, 15) is 0 Å². The van der Waals surface area contributed by atoms with Crippen LogP contribution in [0.1, 0.15) is 18.9 Å². The lowest BCUT2D eigenvalue weighted by atomic mass is 9.99. The van der Waals surface area contributed by atoms with Gasteiger partial charge in [-0.1, -0.05) is 30.3 Å². The van der Waals surface area contributed by atoms with Crippen LogP contribution in [0.5, 0.6) is 0 Å². The van der Waals surface area contributed by atoms with Crippen molar-refractivity contribution < 1.29 is 0 Å². The first-order chi connectivity index (χ1) is 8.29. The number of likely N-dealkylation sites (tertiary alicyclic amines) is 1. The number of rotatable bonds is 3. The topological polar surface area (TPSA) is 41.6 Å². The molecule has 0 radical (unpaired) electrons. The fourth-order valence-corrected chi connectivity index (χ4v) is 2.42. The van der Waals surface area contributed by atoms with E-state index in [1.54, 1.807) is 0 Å². The van der Waals surface area contributed by atoms with E-state index in [2.05, 4.69) is 40.2 Å². The minimum Gasteiger partial charge on any atom is -0.370 e. The predicted octanol–water partition coefficient (Wildman–Crippen LogP) is 1.89. The molecule has 0 amide bonds. The number of nitrogens with zero attached hydrogens (tertiary/aromatic N) is 2. The van der Waals surface area contributed by atoms with Crippen molar-refractivity contribution in [1.29, 1.82) is 0 Å². The van der Waals surface area contributed by atoms with Crippen LogP contribution in [0.4, 0.5) is 0 Å². The lowest BCUT2D eigenvalue weighted by Crippen LogP contribution is -2.35. The van der Waals surface area contributed by atoms with Crippen LogP contribution in [0.15, 0.2) is 35.3 Å². The summed E-state index contributed by atoms with van der Waals surface area (Å²) in [4.78, 5) is 6.47. The van der Waals surface area contributed by atoms with Gasteiger partial charge in [0.05, 0.1) is 0 Å². The molecule has 1 aromatic rings. The molecule has 1 unspecified atom stereocenters. The van der Waals surface area contributed by atoms with Crippen molar-refractivity contribution in [3.63, 3.8) is 0 Å². The molecule has 0 aromatic heterocycles. The first kappa shape index (κ1) is 12.0.